The lowest BCUT2D eigenvalue weighted by Gasteiger charge is -2.30. The van der Waals surface area contributed by atoms with Gasteiger partial charge in [-0.2, -0.15) is 0 Å². The predicted molar refractivity (Wildman–Crippen MR) is 79.8 cm³/mol. The number of rotatable bonds is 4. The lowest BCUT2D eigenvalue weighted by Crippen LogP contribution is -2.49. The van der Waals surface area contributed by atoms with E-state index in [1.807, 2.05) is 12.1 Å². The predicted octanol–water partition coefficient (Wildman–Crippen LogP) is 1.96. The van der Waals surface area contributed by atoms with Crippen molar-refractivity contribution in [2.24, 2.45) is 0 Å². The molecule has 1 aromatic rings. The third-order valence-corrected chi connectivity index (χ3v) is 6.14. The maximum Gasteiger partial charge on any atom is 0.185 e. The highest BCUT2D eigenvalue weighted by atomic mass is 32.2. The zero-order valence-electron chi connectivity index (χ0n) is 12.3. The van der Waals surface area contributed by atoms with Gasteiger partial charge >= 0.3 is 0 Å². The van der Waals surface area contributed by atoms with Crippen molar-refractivity contribution in [1.82, 2.24) is 5.32 Å². The Bertz CT molecular complexity index is 537. The Hall–Kier alpha value is -0.910. The van der Waals surface area contributed by atoms with Crippen LogP contribution in [0.3, 0.4) is 0 Å². The van der Waals surface area contributed by atoms with Crippen molar-refractivity contribution in [3.63, 3.8) is 0 Å². The third kappa shape index (κ3) is 3.05. The van der Waals surface area contributed by atoms with Gasteiger partial charge in [-0.05, 0) is 37.1 Å². The van der Waals surface area contributed by atoms with Crippen molar-refractivity contribution >= 4 is 9.84 Å². The second kappa shape index (κ2) is 6.24. The van der Waals surface area contributed by atoms with Crippen LogP contribution in [-0.2, 0) is 14.6 Å². The number of sulfone groups is 1. The highest BCUT2D eigenvalue weighted by molar-refractivity contribution is 7.92. The molecule has 1 aliphatic heterocycles. The molecule has 1 heterocycles. The Morgan fingerprint density at radius 2 is 1.90 bits per heavy atom. The first-order valence-electron chi connectivity index (χ1n) is 7.05. The Kier molecular flexibility index (Phi) is 4.83. The molecule has 20 heavy (non-hydrogen) atoms. The summed E-state index contributed by atoms with van der Waals surface area (Å²) in [6.07, 6.45) is 0.727. The fraction of sp³-hybridized carbons (Fsp3) is 0.600. The second-order valence-corrected chi connectivity index (χ2v) is 7.73. The molecule has 1 fully saturated rings. The van der Waals surface area contributed by atoms with E-state index in [2.05, 4.69) is 19.2 Å². The molecule has 1 N–H and O–H groups in total. The summed E-state index contributed by atoms with van der Waals surface area (Å²) in [6, 6.07) is 7.18. The van der Waals surface area contributed by atoms with E-state index in [1.165, 1.54) is 0 Å². The van der Waals surface area contributed by atoms with Crippen molar-refractivity contribution in [2.75, 3.05) is 20.3 Å². The van der Waals surface area contributed by atoms with E-state index in [4.69, 9.17) is 4.74 Å². The molecule has 0 bridgehead atoms. The molecule has 1 aliphatic rings. The van der Waals surface area contributed by atoms with Gasteiger partial charge in [-0.15, -0.1) is 0 Å². The van der Waals surface area contributed by atoms with Gasteiger partial charge in [0.2, 0.25) is 0 Å². The number of ether oxygens (including phenoxy) is 1. The van der Waals surface area contributed by atoms with Gasteiger partial charge in [0.25, 0.3) is 0 Å². The minimum absolute atomic E-state index is 0.0430. The van der Waals surface area contributed by atoms with E-state index in [-0.39, 0.29) is 12.6 Å². The smallest absolute Gasteiger partial charge is 0.185 e. The van der Waals surface area contributed by atoms with Crippen molar-refractivity contribution < 1.29 is 13.2 Å². The average molecular weight is 297 g/mol. The van der Waals surface area contributed by atoms with E-state index in [9.17, 15) is 8.42 Å². The molecule has 0 spiro atoms. The fourth-order valence-corrected chi connectivity index (χ4v) is 4.41. The van der Waals surface area contributed by atoms with Gasteiger partial charge in [0, 0.05) is 12.6 Å². The normalized spacial score (nSPS) is 24.0. The van der Waals surface area contributed by atoms with Crippen LogP contribution in [-0.4, -0.2) is 40.0 Å². The molecule has 112 valence electrons. The van der Waals surface area contributed by atoms with E-state index >= 15 is 0 Å². The topological polar surface area (TPSA) is 55.4 Å². The zero-order valence-corrected chi connectivity index (χ0v) is 13.1. The van der Waals surface area contributed by atoms with Crippen LogP contribution in [0.4, 0.5) is 0 Å². The molecule has 4 nitrogen and oxygen atoms in total. The summed E-state index contributed by atoms with van der Waals surface area (Å²) in [5, 5.41) is 2.59. The summed E-state index contributed by atoms with van der Waals surface area (Å²) >= 11 is 0. The molecule has 1 saturated heterocycles. The van der Waals surface area contributed by atoms with Crippen LogP contribution in [0.5, 0.6) is 0 Å². The molecule has 2 atom stereocenters. The Morgan fingerprint density at radius 3 is 2.45 bits per heavy atom. The first kappa shape index (κ1) is 15.5. The minimum atomic E-state index is -3.35. The number of nitrogens with one attached hydrogen (secondary N) is 1. The number of hydrogen-bond acceptors (Lipinski definition) is 4. The van der Waals surface area contributed by atoms with E-state index < -0.39 is 15.1 Å². The fourth-order valence-electron chi connectivity index (χ4n) is 2.57. The van der Waals surface area contributed by atoms with Crippen molar-refractivity contribution in [1.29, 1.82) is 0 Å². The maximum atomic E-state index is 12.7. The van der Waals surface area contributed by atoms with Crippen molar-refractivity contribution in [3.8, 4) is 0 Å². The largest absolute Gasteiger partial charge is 0.380 e. The number of hydrogen-bond donors (Lipinski definition) is 1. The molecule has 5 heteroatoms. The van der Waals surface area contributed by atoms with Crippen LogP contribution in [0.1, 0.15) is 31.7 Å². The summed E-state index contributed by atoms with van der Waals surface area (Å²) in [5.41, 5.74) is 1.15. The minimum Gasteiger partial charge on any atom is -0.380 e. The lowest BCUT2D eigenvalue weighted by molar-refractivity contribution is 0.0825. The first-order valence-corrected chi connectivity index (χ1v) is 8.60. The van der Waals surface area contributed by atoms with Gasteiger partial charge in [0.1, 0.15) is 5.25 Å². The van der Waals surface area contributed by atoms with Crippen LogP contribution in [0, 0.1) is 0 Å². The van der Waals surface area contributed by atoms with Gasteiger partial charge in [-0.25, -0.2) is 8.42 Å². The number of benzene rings is 1. The standard InChI is InChI=1S/C15H23NO3S/c1-11(2)12-4-6-13(7-5-12)20(17,18)15-10-19-9-8-14(15)16-3/h4-7,11,14-16H,8-10H2,1-3H3. The maximum absolute atomic E-state index is 12.7. The van der Waals surface area contributed by atoms with Gasteiger partial charge < -0.3 is 10.1 Å². The van der Waals surface area contributed by atoms with Crippen LogP contribution in [0.2, 0.25) is 0 Å². The molecular formula is C15H23NO3S. The zero-order chi connectivity index (χ0) is 14.8. The summed E-state index contributed by atoms with van der Waals surface area (Å²) in [6.45, 7) is 5.06. The molecular weight excluding hydrogens is 274 g/mol. The van der Waals surface area contributed by atoms with Crippen LogP contribution in [0.25, 0.3) is 0 Å². The Labute approximate surface area is 121 Å². The molecule has 0 saturated carbocycles. The van der Waals surface area contributed by atoms with Gasteiger partial charge in [-0.3, -0.25) is 0 Å². The highest BCUT2D eigenvalue weighted by Gasteiger charge is 2.36. The van der Waals surface area contributed by atoms with E-state index in [0.29, 0.717) is 17.4 Å². The SMILES string of the molecule is CNC1CCOCC1S(=O)(=O)c1ccc(C(C)C)cc1. The molecule has 0 radical (unpaired) electrons. The van der Waals surface area contributed by atoms with Crippen LogP contribution >= 0.6 is 0 Å². The molecule has 1 aromatic carbocycles. The summed E-state index contributed by atoms with van der Waals surface area (Å²) in [7, 11) is -1.55. The Balaban J connectivity index is 2.29. The first-order chi connectivity index (χ1) is 9.46. The summed E-state index contributed by atoms with van der Waals surface area (Å²) < 4.78 is 30.8. The molecule has 0 aromatic heterocycles. The van der Waals surface area contributed by atoms with E-state index in [1.54, 1.807) is 19.2 Å². The van der Waals surface area contributed by atoms with Crippen LogP contribution < -0.4 is 5.32 Å². The van der Waals surface area contributed by atoms with Gasteiger partial charge in [0.05, 0.1) is 11.5 Å². The quantitative estimate of drug-likeness (QED) is 0.923. The second-order valence-electron chi connectivity index (χ2n) is 5.57. The lowest BCUT2D eigenvalue weighted by atomic mass is 10.0. The third-order valence-electron chi connectivity index (χ3n) is 3.95. The summed E-state index contributed by atoms with van der Waals surface area (Å²) in [4.78, 5) is 0.387. The molecule has 2 unspecified atom stereocenters. The Morgan fingerprint density at radius 1 is 1.25 bits per heavy atom. The molecule has 0 amide bonds. The molecule has 2 rings (SSSR count). The molecule has 0 aliphatic carbocycles. The summed E-state index contributed by atoms with van der Waals surface area (Å²) in [5.74, 6) is 0.398. The van der Waals surface area contributed by atoms with Crippen molar-refractivity contribution in [2.45, 2.75) is 42.4 Å². The highest BCUT2D eigenvalue weighted by Crippen LogP contribution is 2.24. The van der Waals surface area contributed by atoms with Crippen LogP contribution in [0.15, 0.2) is 29.2 Å². The average Bonchev–Trinajstić information content (AvgIpc) is 2.47. The van der Waals surface area contributed by atoms with E-state index in [0.717, 1.165) is 12.0 Å². The van der Waals surface area contributed by atoms with Gasteiger partial charge in [-0.1, -0.05) is 26.0 Å². The van der Waals surface area contributed by atoms with Crippen molar-refractivity contribution in [3.05, 3.63) is 29.8 Å². The monoisotopic (exact) mass is 297 g/mol. The van der Waals surface area contributed by atoms with Gasteiger partial charge in [0.15, 0.2) is 9.84 Å².